The van der Waals surface area contributed by atoms with Crippen LogP contribution in [-0.4, -0.2) is 53.9 Å². The molecule has 5 rings (SSSR count). The van der Waals surface area contributed by atoms with E-state index in [1.54, 1.807) is 43.5 Å². The van der Waals surface area contributed by atoms with Crippen LogP contribution < -0.4 is 14.4 Å². The number of carbonyl (C=O) groups is 3. The van der Waals surface area contributed by atoms with Gasteiger partial charge in [0.1, 0.15) is 17.5 Å². The van der Waals surface area contributed by atoms with E-state index in [1.165, 1.54) is 4.90 Å². The predicted molar refractivity (Wildman–Crippen MR) is 140 cm³/mol. The van der Waals surface area contributed by atoms with Crippen LogP contribution in [0, 0.1) is 0 Å². The fourth-order valence-corrected chi connectivity index (χ4v) is 4.64. The first-order valence-corrected chi connectivity index (χ1v) is 12.1. The van der Waals surface area contributed by atoms with Crippen molar-refractivity contribution in [1.29, 1.82) is 0 Å². The molecule has 0 bridgehead atoms. The number of benzene rings is 3. The van der Waals surface area contributed by atoms with Crippen LogP contribution in [0.3, 0.4) is 0 Å². The topological polar surface area (TPSA) is 91.9 Å². The third kappa shape index (κ3) is 5.04. The van der Waals surface area contributed by atoms with Gasteiger partial charge in [-0.2, -0.15) is 0 Å². The van der Waals surface area contributed by atoms with Crippen LogP contribution in [0.15, 0.2) is 85.1 Å². The average Bonchev–Trinajstić information content (AvgIpc) is 3.48. The van der Waals surface area contributed by atoms with E-state index in [4.69, 9.17) is 9.47 Å². The number of anilines is 1. The van der Waals surface area contributed by atoms with Gasteiger partial charge in [0.05, 0.1) is 19.2 Å². The van der Waals surface area contributed by atoms with E-state index < -0.39 is 11.9 Å². The number of methoxy groups -OCH3 is 1. The van der Waals surface area contributed by atoms with Crippen molar-refractivity contribution in [3.05, 3.63) is 90.6 Å². The number of hydrogen-bond acceptors (Lipinski definition) is 5. The molecule has 1 aliphatic heterocycles. The van der Waals surface area contributed by atoms with Crippen molar-refractivity contribution >= 4 is 34.3 Å². The first kappa shape index (κ1) is 24.1. The summed E-state index contributed by atoms with van der Waals surface area (Å²) < 4.78 is 10.9. The fraction of sp³-hybridized carbons (Fsp3) is 0.207. The Hall–Kier alpha value is -4.59. The maximum atomic E-state index is 13.5. The minimum absolute atomic E-state index is 0.0875. The Labute approximate surface area is 214 Å². The number of imide groups is 1. The summed E-state index contributed by atoms with van der Waals surface area (Å²) in [4.78, 5) is 45.7. The summed E-state index contributed by atoms with van der Waals surface area (Å²) in [6.45, 7) is 0.0252. The van der Waals surface area contributed by atoms with Crippen LogP contribution in [0.4, 0.5) is 5.69 Å². The van der Waals surface area contributed by atoms with Gasteiger partial charge in [0.2, 0.25) is 5.91 Å². The highest BCUT2D eigenvalue weighted by atomic mass is 16.5. The Morgan fingerprint density at radius 1 is 0.973 bits per heavy atom. The highest BCUT2D eigenvalue weighted by Crippen LogP contribution is 2.28. The third-order valence-electron chi connectivity index (χ3n) is 6.55. The summed E-state index contributed by atoms with van der Waals surface area (Å²) in [5.74, 6) is 0.0386. The van der Waals surface area contributed by atoms with Crippen molar-refractivity contribution in [2.75, 3.05) is 25.2 Å². The van der Waals surface area contributed by atoms with Crippen molar-refractivity contribution in [1.82, 2.24) is 9.88 Å². The first-order valence-electron chi connectivity index (χ1n) is 12.1. The minimum atomic E-state index is -0.910. The number of aromatic amines is 1. The Bertz CT molecular complexity index is 1410. The van der Waals surface area contributed by atoms with Gasteiger partial charge in [-0.05, 0) is 54.4 Å². The standard InChI is InChI=1S/C29H27N3O5/c1-36-22-13-11-21(12-14-22)32-27(33)17-26(29(32)35)31(28(34)19-37-23-7-3-2-4-8-23)16-15-20-18-30-25-10-6-5-9-24(20)25/h2-14,18,26,30H,15-17,19H2,1H3. The molecule has 0 aliphatic carbocycles. The molecule has 1 fully saturated rings. The Kier molecular flexibility index (Phi) is 6.89. The van der Waals surface area contributed by atoms with Crippen molar-refractivity contribution in [2.45, 2.75) is 18.9 Å². The fourth-order valence-electron chi connectivity index (χ4n) is 4.64. The van der Waals surface area contributed by atoms with Crippen LogP contribution in [0.25, 0.3) is 10.9 Å². The zero-order valence-corrected chi connectivity index (χ0v) is 20.4. The molecule has 0 radical (unpaired) electrons. The molecule has 4 aromatic rings. The van der Waals surface area contributed by atoms with Gasteiger partial charge in [-0.3, -0.25) is 14.4 Å². The number of amides is 3. The van der Waals surface area contributed by atoms with Crippen LogP contribution in [0.1, 0.15) is 12.0 Å². The number of hydrogen-bond donors (Lipinski definition) is 1. The van der Waals surface area contributed by atoms with E-state index in [1.807, 2.05) is 48.7 Å². The molecule has 1 N–H and O–H groups in total. The molecule has 1 aromatic heterocycles. The average molecular weight is 498 g/mol. The van der Waals surface area contributed by atoms with Crippen LogP contribution in [0.2, 0.25) is 0 Å². The predicted octanol–water partition coefficient (Wildman–Crippen LogP) is 3.96. The molecule has 8 nitrogen and oxygen atoms in total. The van der Waals surface area contributed by atoms with Crippen molar-refractivity contribution < 1.29 is 23.9 Å². The van der Waals surface area contributed by atoms with Gasteiger partial charge in [0, 0.05) is 23.6 Å². The Morgan fingerprint density at radius 3 is 2.46 bits per heavy atom. The lowest BCUT2D eigenvalue weighted by molar-refractivity contribution is -0.140. The molecule has 0 saturated carbocycles. The van der Waals surface area contributed by atoms with Gasteiger partial charge in [0.15, 0.2) is 6.61 Å². The minimum Gasteiger partial charge on any atom is -0.497 e. The molecule has 3 amide bonds. The molecule has 1 saturated heterocycles. The summed E-state index contributed by atoms with van der Waals surface area (Å²) in [5, 5.41) is 1.06. The number of fused-ring (bicyclic) bond motifs is 1. The molecule has 1 aliphatic rings. The zero-order chi connectivity index (χ0) is 25.8. The molecular weight excluding hydrogens is 470 g/mol. The summed E-state index contributed by atoms with van der Waals surface area (Å²) in [6.07, 6.45) is 2.34. The molecule has 3 aromatic carbocycles. The summed E-state index contributed by atoms with van der Waals surface area (Å²) in [7, 11) is 1.55. The van der Waals surface area contributed by atoms with E-state index in [0.717, 1.165) is 21.4 Å². The Morgan fingerprint density at radius 2 is 1.70 bits per heavy atom. The van der Waals surface area contributed by atoms with Gasteiger partial charge in [-0.15, -0.1) is 0 Å². The molecule has 0 spiro atoms. The van der Waals surface area contributed by atoms with E-state index in [0.29, 0.717) is 23.6 Å². The maximum absolute atomic E-state index is 13.5. The number of H-pyrrole nitrogens is 1. The molecule has 1 unspecified atom stereocenters. The normalized spacial score (nSPS) is 15.3. The first-order chi connectivity index (χ1) is 18.0. The third-order valence-corrected chi connectivity index (χ3v) is 6.55. The van der Waals surface area contributed by atoms with Crippen molar-refractivity contribution in [3.8, 4) is 11.5 Å². The van der Waals surface area contributed by atoms with Gasteiger partial charge >= 0.3 is 0 Å². The molecular formula is C29H27N3O5. The maximum Gasteiger partial charge on any atom is 0.261 e. The zero-order valence-electron chi connectivity index (χ0n) is 20.4. The van der Waals surface area contributed by atoms with E-state index in [9.17, 15) is 14.4 Å². The van der Waals surface area contributed by atoms with E-state index in [2.05, 4.69) is 4.98 Å². The van der Waals surface area contributed by atoms with Crippen LogP contribution >= 0.6 is 0 Å². The van der Waals surface area contributed by atoms with Crippen molar-refractivity contribution in [2.24, 2.45) is 0 Å². The smallest absolute Gasteiger partial charge is 0.261 e. The Balaban J connectivity index is 1.38. The summed E-state index contributed by atoms with van der Waals surface area (Å²) in [6, 6.07) is 22.7. The largest absolute Gasteiger partial charge is 0.497 e. The molecule has 2 heterocycles. The summed E-state index contributed by atoms with van der Waals surface area (Å²) >= 11 is 0. The highest BCUT2D eigenvalue weighted by molar-refractivity contribution is 6.23. The van der Waals surface area contributed by atoms with Crippen LogP contribution in [0.5, 0.6) is 11.5 Å². The molecule has 37 heavy (non-hydrogen) atoms. The lowest BCUT2D eigenvalue weighted by atomic mass is 10.1. The number of nitrogens with one attached hydrogen (secondary N) is 1. The molecule has 188 valence electrons. The number of rotatable bonds is 9. The lowest BCUT2D eigenvalue weighted by Crippen LogP contribution is -2.48. The monoisotopic (exact) mass is 497 g/mol. The van der Waals surface area contributed by atoms with Gasteiger partial charge in [-0.25, -0.2) is 4.90 Å². The van der Waals surface area contributed by atoms with Gasteiger partial charge in [0.25, 0.3) is 11.8 Å². The number of para-hydroxylation sites is 2. The van der Waals surface area contributed by atoms with E-state index in [-0.39, 0.29) is 31.4 Å². The quantitative estimate of drug-likeness (QED) is 0.354. The number of carbonyl (C=O) groups excluding carboxylic acids is 3. The number of nitrogens with zero attached hydrogens (tertiary/aromatic N) is 2. The van der Waals surface area contributed by atoms with Gasteiger partial charge < -0.3 is 19.4 Å². The number of ether oxygens (including phenoxy) is 2. The second-order valence-corrected chi connectivity index (χ2v) is 8.78. The van der Waals surface area contributed by atoms with Crippen molar-refractivity contribution in [3.63, 3.8) is 0 Å². The molecule has 8 heteroatoms. The summed E-state index contributed by atoms with van der Waals surface area (Å²) in [5.41, 5.74) is 2.48. The molecule has 1 atom stereocenters. The number of aromatic nitrogens is 1. The SMILES string of the molecule is COc1ccc(N2C(=O)CC(N(CCc3c[nH]c4ccccc34)C(=O)COc3ccccc3)C2=O)cc1. The highest BCUT2D eigenvalue weighted by Gasteiger charge is 2.44. The van der Waals surface area contributed by atoms with Gasteiger partial charge in [-0.1, -0.05) is 36.4 Å². The second kappa shape index (κ2) is 10.6. The lowest BCUT2D eigenvalue weighted by Gasteiger charge is -2.27. The van der Waals surface area contributed by atoms with E-state index >= 15 is 0 Å². The second-order valence-electron chi connectivity index (χ2n) is 8.78. The van der Waals surface area contributed by atoms with Crippen LogP contribution in [-0.2, 0) is 20.8 Å².